The van der Waals surface area contributed by atoms with Crippen LogP contribution in [0, 0.1) is 5.82 Å². The van der Waals surface area contributed by atoms with Gasteiger partial charge in [0, 0.05) is 17.3 Å². The second-order valence-corrected chi connectivity index (χ2v) is 7.80. The van der Waals surface area contributed by atoms with E-state index in [4.69, 9.17) is 11.6 Å². The van der Waals surface area contributed by atoms with Crippen LogP contribution in [0.1, 0.15) is 37.0 Å². The highest BCUT2D eigenvalue weighted by atomic mass is 35.5. The molecule has 140 valence electrons. The molecule has 0 radical (unpaired) electrons. The number of nitrogens with one attached hydrogen (secondary N) is 2. The molecule has 0 heterocycles. The van der Waals surface area contributed by atoms with E-state index in [-0.39, 0.29) is 33.1 Å². The van der Waals surface area contributed by atoms with Crippen molar-refractivity contribution in [3.63, 3.8) is 0 Å². The molecule has 0 aliphatic carbocycles. The van der Waals surface area contributed by atoms with Crippen LogP contribution in [0.25, 0.3) is 0 Å². The van der Waals surface area contributed by atoms with Gasteiger partial charge >= 0.3 is 0 Å². The van der Waals surface area contributed by atoms with Crippen LogP contribution in [-0.2, 0) is 10.0 Å². The highest BCUT2D eigenvalue weighted by Gasteiger charge is 2.21. The van der Waals surface area contributed by atoms with Crippen LogP contribution in [-0.4, -0.2) is 20.4 Å². The van der Waals surface area contributed by atoms with Crippen molar-refractivity contribution in [1.82, 2.24) is 5.32 Å². The number of anilines is 1. The molecule has 0 unspecified atom stereocenters. The summed E-state index contributed by atoms with van der Waals surface area (Å²) >= 11 is 6.03. The van der Waals surface area contributed by atoms with Gasteiger partial charge in [-0.1, -0.05) is 25.4 Å². The number of hydrogen-bond donors (Lipinski definition) is 2. The van der Waals surface area contributed by atoms with E-state index >= 15 is 0 Å². The first kappa shape index (κ1) is 20.2. The maximum atomic E-state index is 13.0. The van der Waals surface area contributed by atoms with Gasteiger partial charge in [-0.25, -0.2) is 12.8 Å². The van der Waals surface area contributed by atoms with Crippen LogP contribution >= 0.6 is 11.6 Å². The van der Waals surface area contributed by atoms with E-state index in [1.54, 1.807) is 0 Å². The largest absolute Gasteiger partial charge is 0.349 e. The van der Waals surface area contributed by atoms with Crippen LogP contribution in [0.4, 0.5) is 10.1 Å². The molecule has 1 amide bonds. The Morgan fingerprint density at radius 3 is 2.31 bits per heavy atom. The summed E-state index contributed by atoms with van der Waals surface area (Å²) in [4.78, 5) is 12.1. The molecule has 26 heavy (non-hydrogen) atoms. The van der Waals surface area contributed by atoms with Gasteiger partial charge in [0.2, 0.25) is 0 Å². The maximum absolute atomic E-state index is 13.0. The minimum atomic E-state index is -4.04. The van der Waals surface area contributed by atoms with Crippen molar-refractivity contribution in [2.75, 3.05) is 4.72 Å². The Hall–Kier alpha value is -2.12. The predicted molar refractivity (Wildman–Crippen MR) is 100 cm³/mol. The lowest BCUT2D eigenvalue weighted by atomic mass is 10.1. The van der Waals surface area contributed by atoms with Crippen LogP contribution in [0.15, 0.2) is 47.4 Å². The van der Waals surface area contributed by atoms with E-state index in [0.717, 1.165) is 25.0 Å². The third kappa shape index (κ3) is 4.95. The van der Waals surface area contributed by atoms with Crippen molar-refractivity contribution < 1.29 is 17.6 Å². The summed E-state index contributed by atoms with van der Waals surface area (Å²) in [6.07, 6.45) is 1.54. The fourth-order valence-electron chi connectivity index (χ4n) is 2.34. The zero-order chi connectivity index (χ0) is 19.3. The molecule has 2 aromatic rings. The number of benzene rings is 2. The van der Waals surface area contributed by atoms with Crippen LogP contribution in [0.5, 0.6) is 0 Å². The topological polar surface area (TPSA) is 75.3 Å². The molecule has 2 rings (SSSR count). The van der Waals surface area contributed by atoms with Gasteiger partial charge in [0.1, 0.15) is 10.7 Å². The summed E-state index contributed by atoms with van der Waals surface area (Å²) in [5.41, 5.74) is 0.384. The van der Waals surface area contributed by atoms with Gasteiger partial charge in [-0.05, 0) is 55.3 Å². The lowest BCUT2D eigenvalue weighted by Gasteiger charge is -2.15. The summed E-state index contributed by atoms with van der Waals surface area (Å²) in [5, 5.41) is 2.83. The minimum absolute atomic E-state index is 0.00979. The van der Waals surface area contributed by atoms with Crippen molar-refractivity contribution in [3.05, 3.63) is 58.9 Å². The molecule has 0 aliphatic rings. The fourth-order valence-corrected chi connectivity index (χ4v) is 3.93. The second-order valence-electron chi connectivity index (χ2n) is 5.74. The van der Waals surface area contributed by atoms with E-state index in [1.165, 1.54) is 30.3 Å². The Bertz CT molecular complexity index is 882. The van der Waals surface area contributed by atoms with Gasteiger partial charge in [0.15, 0.2) is 0 Å². The van der Waals surface area contributed by atoms with Crippen molar-refractivity contribution in [3.8, 4) is 0 Å². The Labute approximate surface area is 157 Å². The number of carbonyl (C=O) groups is 1. The monoisotopic (exact) mass is 398 g/mol. The van der Waals surface area contributed by atoms with E-state index < -0.39 is 15.8 Å². The number of sulfonamides is 1. The second kappa shape index (κ2) is 8.51. The normalized spacial score (nSPS) is 11.4. The highest BCUT2D eigenvalue weighted by Crippen LogP contribution is 2.25. The van der Waals surface area contributed by atoms with Gasteiger partial charge < -0.3 is 5.32 Å². The first-order valence-corrected chi connectivity index (χ1v) is 10.0. The van der Waals surface area contributed by atoms with Crippen molar-refractivity contribution >= 4 is 33.2 Å². The number of hydrogen-bond acceptors (Lipinski definition) is 3. The molecule has 2 aromatic carbocycles. The molecule has 0 fully saturated rings. The van der Waals surface area contributed by atoms with Crippen LogP contribution in [0.2, 0.25) is 5.02 Å². The summed E-state index contributed by atoms with van der Waals surface area (Å²) < 4.78 is 40.5. The van der Waals surface area contributed by atoms with Gasteiger partial charge in [-0.15, -0.1) is 0 Å². The lowest BCUT2D eigenvalue weighted by Crippen LogP contribution is -2.33. The SMILES string of the molecule is CCC(CC)NC(=O)c1ccc(Cl)c(S(=O)(=O)Nc2ccc(F)cc2)c1. The molecule has 0 saturated carbocycles. The lowest BCUT2D eigenvalue weighted by molar-refractivity contribution is 0.0934. The van der Waals surface area contributed by atoms with Crippen molar-refractivity contribution in [1.29, 1.82) is 0 Å². The average molecular weight is 399 g/mol. The minimum Gasteiger partial charge on any atom is -0.349 e. The third-order valence-corrected chi connectivity index (χ3v) is 5.76. The van der Waals surface area contributed by atoms with Gasteiger partial charge in [0.05, 0.1) is 5.02 Å². The van der Waals surface area contributed by atoms with Crippen LogP contribution < -0.4 is 10.0 Å². The predicted octanol–water partition coefficient (Wildman–Crippen LogP) is 4.20. The molecular weight excluding hydrogens is 379 g/mol. The van der Waals surface area contributed by atoms with E-state index in [2.05, 4.69) is 10.0 Å². The number of halogens is 2. The molecule has 0 saturated heterocycles. The number of amides is 1. The molecule has 8 heteroatoms. The van der Waals surface area contributed by atoms with Gasteiger partial charge in [0.25, 0.3) is 15.9 Å². The third-order valence-electron chi connectivity index (χ3n) is 3.90. The summed E-state index contributed by atoms with van der Waals surface area (Å²) in [7, 11) is -4.04. The molecule has 0 atom stereocenters. The first-order valence-electron chi connectivity index (χ1n) is 8.15. The van der Waals surface area contributed by atoms with Gasteiger partial charge in [-0.3, -0.25) is 9.52 Å². The fraction of sp³-hybridized carbons (Fsp3) is 0.278. The number of rotatable bonds is 7. The smallest absolute Gasteiger partial charge is 0.263 e. The van der Waals surface area contributed by atoms with E-state index in [0.29, 0.717) is 0 Å². The average Bonchev–Trinajstić information content (AvgIpc) is 2.61. The molecule has 0 bridgehead atoms. The molecule has 5 nitrogen and oxygen atoms in total. The summed E-state index contributed by atoms with van der Waals surface area (Å²) in [6.45, 7) is 3.91. The molecule has 0 spiro atoms. The quantitative estimate of drug-likeness (QED) is 0.734. The number of carbonyl (C=O) groups excluding carboxylic acids is 1. The first-order chi connectivity index (χ1) is 12.3. The summed E-state index contributed by atoms with van der Waals surface area (Å²) in [6, 6.07) is 8.94. The Kier molecular flexibility index (Phi) is 6.61. The van der Waals surface area contributed by atoms with Crippen molar-refractivity contribution in [2.24, 2.45) is 0 Å². The summed E-state index contributed by atoms with van der Waals surface area (Å²) in [5.74, 6) is -0.848. The highest BCUT2D eigenvalue weighted by molar-refractivity contribution is 7.92. The Balaban J connectivity index is 2.30. The maximum Gasteiger partial charge on any atom is 0.263 e. The zero-order valence-electron chi connectivity index (χ0n) is 14.4. The van der Waals surface area contributed by atoms with Gasteiger partial charge in [-0.2, -0.15) is 0 Å². The Morgan fingerprint density at radius 2 is 1.73 bits per heavy atom. The standard InChI is InChI=1S/C18H20ClFN2O3S/c1-3-14(4-2)21-18(23)12-5-10-16(19)17(11-12)26(24,25)22-15-8-6-13(20)7-9-15/h5-11,14,22H,3-4H2,1-2H3,(H,21,23). The Morgan fingerprint density at radius 1 is 1.12 bits per heavy atom. The van der Waals surface area contributed by atoms with Crippen LogP contribution in [0.3, 0.4) is 0 Å². The molecule has 2 N–H and O–H groups in total. The zero-order valence-corrected chi connectivity index (χ0v) is 16.0. The molecule has 0 aromatic heterocycles. The van der Waals surface area contributed by atoms with E-state index in [1.807, 2.05) is 13.8 Å². The molecule has 0 aliphatic heterocycles. The molecular formula is C18H20ClFN2O3S. The van der Waals surface area contributed by atoms with E-state index in [9.17, 15) is 17.6 Å². The van der Waals surface area contributed by atoms with Crippen molar-refractivity contribution in [2.45, 2.75) is 37.6 Å².